The number of nitrogens with one attached hydrogen (secondary N) is 1. The van der Waals surface area contributed by atoms with Gasteiger partial charge in [-0.2, -0.15) is 0 Å². The molecule has 31 heavy (non-hydrogen) atoms. The Morgan fingerprint density at radius 2 is 1.65 bits per heavy atom. The first-order valence-corrected chi connectivity index (χ1v) is 11.1. The molecule has 0 spiro atoms. The molecule has 3 aromatic carbocycles. The summed E-state index contributed by atoms with van der Waals surface area (Å²) < 4.78 is 27.5. The predicted molar refractivity (Wildman–Crippen MR) is 121 cm³/mol. The molecule has 0 saturated heterocycles. The first-order chi connectivity index (χ1) is 14.8. The molecule has 0 unspecified atom stereocenters. The fraction of sp³-hybridized carbons (Fsp3) is 0.130. The van der Waals surface area contributed by atoms with Crippen molar-refractivity contribution in [2.75, 3.05) is 19.4 Å². The maximum absolute atomic E-state index is 12.6. The molecule has 4 rings (SSSR count). The molecule has 0 saturated carbocycles. The van der Waals surface area contributed by atoms with Crippen molar-refractivity contribution in [1.82, 2.24) is 13.9 Å². The fourth-order valence-electron chi connectivity index (χ4n) is 3.37. The van der Waals surface area contributed by atoms with Gasteiger partial charge < -0.3 is 5.32 Å². The minimum Gasteiger partial charge on any atom is -0.322 e. The summed E-state index contributed by atoms with van der Waals surface area (Å²) in [7, 11) is -0.606. The maximum atomic E-state index is 12.6. The summed E-state index contributed by atoms with van der Waals surface area (Å²) in [5.74, 6) is 0.523. The molecule has 0 aliphatic rings. The molecule has 0 aliphatic carbocycles. The molecule has 4 aromatic rings. The van der Waals surface area contributed by atoms with Crippen LogP contribution in [0.1, 0.15) is 16.2 Å². The summed E-state index contributed by atoms with van der Waals surface area (Å²) >= 11 is 0. The molecule has 8 heteroatoms. The summed E-state index contributed by atoms with van der Waals surface area (Å²) in [4.78, 5) is 17.4. The topological polar surface area (TPSA) is 84.3 Å². The number of aromatic nitrogens is 2. The Balaban J connectivity index is 1.58. The molecule has 158 valence electrons. The molecule has 7 nitrogen and oxygen atoms in total. The molecule has 1 N–H and O–H groups in total. The van der Waals surface area contributed by atoms with Crippen LogP contribution in [0.15, 0.2) is 77.7 Å². The lowest BCUT2D eigenvalue weighted by molar-refractivity contribution is 0.102. The van der Waals surface area contributed by atoms with Crippen molar-refractivity contribution >= 4 is 32.7 Å². The van der Waals surface area contributed by atoms with E-state index in [1.54, 1.807) is 0 Å². The van der Waals surface area contributed by atoms with Gasteiger partial charge in [-0.3, -0.25) is 9.36 Å². The number of para-hydroxylation sites is 1. The highest BCUT2D eigenvalue weighted by atomic mass is 32.2. The van der Waals surface area contributed by atoms with Crippen LogP contribution in [0.25, 0.3) is 16.7 Å². The number of carbonyl (C=O) groups excluding carboxylic acids is 1. The predicted octanol–water partition coefficient (Wildman–Crippen LogP) is 3.84. The molecular weight excluding hydrogens is 412 g/mol. The van der Waals surface area contributed by atoms with Gasteiger partial charge in [-0.1, -0.05) is 18.2 Å². The highest BCUT2D eigenvalue weighted by Crippen LogP contribution is 2.24. The van der Waals surface area contributed by atoms with E-state index in [-0.39, 0.29) is 10.8 Å². The standard InChI is InChI=1S/C23H22N4O3S/c1-16-24-21-15-18(11-14-22(21)27(16)19-7-5-4-6-8-19)25-23(28)17-9-12-20(13-10-17)31(29,30)26(2)3/h4-15H,1-3H3,(H,25,28). The van der Waals surface area contributed by atoms with E-state index in [1.165, 1.54) is 38.4 Å². The van der Waals surface area contributed by atoms with Crippen molar-refractivity contribution in [3.05, 3.63) is 84.2 Å². The van der Waals surface area contributed by atoms with Crippen LogP contribution in [0.5, 0.6) is 0 Å². The number of carbonyl (C=O) groups is 1. The molecule has 0 bridgehead atoms. The molecule has 0 atom stereocenters. The van der Waals surface area contributed by atoms with Crippen molar-refractivity contribution in [3.8, 4) is 5.69 Å². The first-order valence-electron chi connectivity index (χ1n) is 9.66. The number of benzene rings is 3. The number of sulfonamides is 1. The van der Waals surface area contributed by atoms with Crippen LogP contribution in [0.4, 0.5) is 5.69 Å². The van der Waals surface area contributed by atoms with Gasteiger partial charge in [0.25, 0.3) is 5.91 Å². The monoisotopic (exact) mass is 434 g/mol. The van der Waals surface area contributed by atoms with E-state index in [1.807, 2.05) is 55.5 Å². The van der Waals surface area contributed by atoms with Crippen molar-refractivity contribution in [2.45, 2.75) is 11.8 Å². The lowest BCUT2D eigenvalue weighted by Crippen LogP contribution is -2.22. The number of amides is 1. The third kappa shape index (κ3) is 3.95. The summed E-state index contributed by atoms with van der Waals surface area (Å²) in [6.45, 7) is 1.94. The van der Waals surface area contributed by atoms with Gasteiger partial charge in [0.1, 0.15) is 5.82 Å². The third-order valence-electron chi connectivity index (χ3n) is 4.99. The summed E-state index contributed by atoms with van der Waals surface area (Å²) in [6, 6.07) is 21.4. The molecule has 0 radical (unpaired) electrons. The van der Waals surface area contributed by atoms with Gasteiger partial charge in [0.15, 0.2) is 0 Å². The summed E-state index contributed by atoms with van der Waals surface area (Å²) in [6.07, 6.45) is 0. The van der Waals surface area contributed by atoms with E-state index in [9.17, 15) is 13.2 Å². The van der Waals surface area contributed by atoms with Crippen LogP contribution in [-0.4, -0.2) is 42.3 Å². The number of hydrogen-bond donors (Lipinski definition) is 1. The Hall–Kier alpha value is -3.49. The Bertz CT molecular complexity index is 1360. The van der Waals surface area contributed by atoms with Crippen LogP contribution in [0.2, 0.25) is 0 Å². The minimum atomic E-state index is -3.54. The van der Waals surface area contributed by atoms with Gasteiger partial charge in [0.05, 0.1) is 15.9 Å². The molecule has 0 aliphatic heterocycles. The van der Waals surface area contributed by atoms with E-state index in [0.717, 1.165) is 26.9 Å². The molecular formula is C23H22N4O3S. The summed E-state index contributed by atoms with van der Waals surface area (Å²) in [5.41, 5.74) is 3.71. The van der Waals surface area contributed by atoms with Crippen molar-refractivity contribution in [1.29, 1.82) is 0 Å². The van der Waals surface area contributed by atoms with Crippen molar-refractivity contribution < 1.29 is 13.2 Å². The zero-order valence-corrected chi connectivity index (χ0v) is 18.2. The van der Waals surface area contributed by atoms with Crippen LogP contribution in [-0.2, 0) is 10.0 Å². The van der Waals surface area contributed by atoms with Crippen LogP contribution in [0.3, 0.4) is 0 Å². The number of aryl methyl sites for hydroxylation is 1. The second-order valence-electron chi connectivity index (χ2n) is 7.30. The smallest absolute Gasteiger partial charge is 0.255 e. The maximum Gasteiger partial charge on any atom is 0.255 e. The van der Waals surface area contributed by atoms with Gasteiger partial charge in [-0.15, -0.1) is 0 Å². The van der Waals surface area contributed by atoms with E-state index in [4.69, 9.17) is 0 Å². The second kappa shape index (κ2) is 7.98. The van der Waals surface area contributed by atoms with E-state index < -0.39 is 10.0 Å². The summed E-state index contributed by atoms with van der Waals surface area (Å²) in [5, 5.41) is 2.85. The third-order valence-corrected chi connectivity index (χ3v) is 6.82. The van der Waals surface area contributed by atoms with Gasteiger partial charge >= 0.3 is 0 Å². The normalized spacial score (nSPS) is 11.7. The van der Waals surface area contributed by atoms with Gasteiger partial charge in [0, 0.05) is 31.0 Å². The fourth-order valence-corrected chi connectivity index (χ4v) is 4.28. The van der Waals surface area contributed by atoms with Gasteiger partial charge in [-0.05, 0) is 61.5 Å². The zero-order valence-electron chi connectivity index (χ0n) is 17.4. The van der Waals surface area contributed by atoms with Crippen molar-refractivity contribution in [3.63, 3.8) is 0 Å². The largest absolute Gasteiger partial charge is 0.322 e. The van der Waals surface area contributed by atoms with Crippen LogP contribution in [0, 0.1) is 6.92 Å². The van der Waals surface area contributed by atoms with Gasteiger partial charge in [0.2, 0.25) is 10.0 Å². The highest BCUT2D eigenvalue weighted by Gasteiger charge is 2.18. The van der Waals surface area contributed by atoms with Crippen molar-refractivity contribution in [2.24, 2.45) is 0 Å². The van der Waals surface area contributed by atoms with Crippen LogP contribution >= 0.6 is 0 Å². The molecule has 1 amide bonds. The highest BCUT2D eigenvalue weighted by molar-refractivity contribution is 7.89. The average Bonchev–Trinajstić information content (AvgIpc) is 3.09. The number of hydrogen-bond acceptors (Lipinski definition) is 4. The zero-order chi connectivity index (χ0) is 22.2. The molecule has 1 heterocycles. The average molecular weight is 435 g/mol. The number of fused-ring (bicyclic) bond motifs is 1. The Kier molecular flexibility index (Phi) is 5.34. The van der Waals surface area contributed by atoms with E-state index in [2.05, 4.69) is 14.9 Å². The minimum absolute atomic E-state index is 0.136. The Morgan fingerprint density at radius 1 is 0.968 bits per heavy atom. The van der Waals surface area contributed by atoms with E-state index in [0.29, 0.717) is 11.3 Å². The SMILES string of the molecule is Cc1nc2cc(NC(=O)c3ccc(S(=O)(=O)N(C)C)cc3)ccc2n1-c1ccccc1. The van der Waals surface area contributed by atoms with Gasteiger partial charge in [-0.25, -0.2) is 17.7 Å². The molecule has 1 aromatic heterocycles. The van der Waals surface area contributed by atoms with Crippen LogP contribution < -0.4 is 5.32 Å². The quantitative estimate of drug-likeness (QED) is 0.517. The second-order valence-corrected chi connectivity index (χ2v) is 9.45. The lowest BCUT2D eigenvalue weighted by atomic mass is 10.2. The first kappa shape index (κ1) is 20.8. The number of anilines is 1. The Morgan fingerprint density at radius 3 is 2.29 bits per heavy atom. The number of rotatable bonds is 5. The number of nitrogens with zero attached hydrogens (tertiary/aromatic N) is 3. The Labute approximate surface area is 181 Å². The lowest BCUT2D eigenvalue weighted by Gasteiger charge is -2.11. The van der Waals surface area contributed by atoms with E-state index >= 15 is 0 Å². The number of imidazole rings is 1. The molecule has 0 fully saturated rings.